The smallest absolute Gasteiger partial charge is 0.0486 e. The Morgan fingerprint density at radius 1 is 1.33 bits per heavy atom. The summed E-state index contributed by atoms with van der Waals surface area (Å²) >= 11 is 3.36. The molecule has 0 aliphatic heterocycles. The van der Waals surface area contributed by atoms with Crippen LogP contribution in [0.1, 0.15) is 19.4 Å². The van der Waals surface area contributed by atoms with Crippen molar-refractivity contribution >= 4 is 26.7 Å². The highest BCUT2D eigenvalue weighted by molar-refractivity contribution is 9.10. The number of rotatable bonds is 4. The fourth-order valence-electron chi connectivity index (χ4n) is 1.23. The molecule has 0 aromatic heterocycles. The summed E-state index contributed by atoms with van der Waals surface area (Å²) in [6, 6.07) is 7.87. The molecule has 84 valence electrons. The summed E-state index contributed by atoms with van der Waals surface area (Å²) in [6.45, 7) is 3.79. The van der Waals surface area contributed by atoms with Crippen molar-refractivity contribution in [2.24, 2.45) is 5.73 Å². The lowest BCUT2D eigenvalue weighted by Gasteiger charge is -2.17. The van der Waals surface area contributed by atoms with E-state index in [4.69, 9.17) is 5.73 Å². The van der Waals surface area contributed by atoms with E-state index in [9.17, 15) is 4.21 Å². The van der Waals surface area contributed by atoms with Crippen LogP contribution in [-0.4, -0.2) is 15.5 Å². The van der Waals surface area contributed by atoms with E-state index >= 15 is 0 Å². The quantitative estimate of drug-likeness (QED) is 0.925. The number of hydrogen-bond donors (Lipinski definition) is 1. The van der Waals surface area contributed by atoms with Gasteiger partial charge in [-0.15, -0.1) is 0 Å². The molecule has 0 heterocycles. The van der Waals surface area contributed by atoms with E-state index < -0.39 is 10.8 Å². The zero-order valence-corrected chi connectivity index (χ0v) is 11.4. The molecule has 1 aromatic carbocycles. The summed E-state index contributed by atoms with van der Waals surface area (Å²) in [5, 5.41) is 0. The SMILES string of the molecule is CC(C)(N)CS(=O)Cc1ccc(Br)cc1. The third-order valence-corrected chi connectivity index (χ3v) is 4.02. The molecule has 4 heteroatoms. The molecule has 0 fully saturated rings. The molecule has 0 aliphatic rings. The fraction of sp³-hybridized carbons (Fsp3) is 0.455. The van der Waals surface area contributed by atoms with Crippen LogP contribution in [0.2, 0.25) is 0 Å². The second-order valence-corrected chi connectivity index (χ2v) is 6.72. The van der Waals surface area contributed by atoms with Crippen LogP contribution < -0.4 is 5.73 Å². The van der Waals surface area contributed by atoms with Crippen molar-refractivity contribution < 1.29 is 4.21 Å². The summed E-state index contributed by atoms with van der Waals surface area (Å²) in [4.78, 5) is 0. The standard InChI is InChI=1S/C11H16BrNOS/c1-11(2,13)8-15(14)7-9-3-5-10(12)6-4-9/h3-6H,7-8,13H2,1-2H3. The minimum Gasteiger partial charge on any atom is -0.325 e. The van der Waals surface area contributed by atoms with Gasteiger partial charge in [-0.25, -0.2) is 0 Å². The van der Waals surface area contributed by atoms with Crippen molar-refractivity contribution in [1.29, 1.82) is 0 Å². The van der Waals surface area contributed by atoms with E-state index in [1.165, 1.54) is 0 Å². The summed E-state index contributed by atoms with van der Waals surface area (Å²) in [5.41, 5.74) is 6.54. The molecule has 2 nitrogen and oxygen atoms in total. The minimum absolute atomic E-state index is 0.361. The van der Waals surface area contributed by atoms with Gasteiger partial charge in [-0.3, -0.25) is 4.21 Å². The topological polar surface area (TPSA) is 43.1 Å². The lowest BCUT2D eigenvalue weighted by atomic mass is 10.1. The van der Waals surface area contributed by atoms with Gasteiger partial charge in [0.2, 0.25) is 0 Å². The molecular weight excluding hydrogens is 274 g/mol. The highest BCUT2D eigenvalue weighted by atomic mass is 79.9. The van der Waals surface area contributed by atoms with Gasteiger partial charge in [-0.05, 0) is 31.5 Å². The van der Waals surface area contributed by atoms with Crippen LogP contribution in [0.4, 0.5) is 0 Å². The molecule has 1 atom stereocenters. The van der Waals surface area contributed by atoms with Crippen LogP contribution in [0.3, 0.4) is 0 Å². The number of hydrogen-bond acceptors (Lipinski definition) is 2. The molecule has 1 rings (SSSR count). The van der Waals surface area contributed by atoms with Gasteiger partial charge in [-0.1, -0.05) is 28.1 Å². The van der Waals surface area contributed by atoms with Crippen LogP contribution in [0.5, 0.6) is 0 Å². The molecule has 0 amide bonds. The fourth-order valence-corrected chi connectivity index (χ4v) is 2.99. The maximum atomic E-state index is 11.7. The maximum Gasteiger partial charge on any atom is 0.0486 e. The Kier molecular flexibility index (Phi) is 4.49. The van der Waals surface area contributed by atoms with Crippen molar-refractivity contribution in [1.82, 2.24) is 0 Å². The van der Waals surface area contributed by atoms with E-state index in [1.54, 1.807) is 0 Å². The molecule has 15 heavy (non-hydrogen) atoms. The molecule has 0 saturated carbocycles. The van der Waals surface area contributed by atoms with E-state index in [0.717, 1.165) is 10.0 Å². The molecule has 0 bridgehead atoms. The number of nitrogens with two attached hydrogens (primary N) is 1. The van der Waals surface area contributed by atoms with E-state index in [-0.39, 0.29) is 5.54 Å². The van der Waals surface area contributed by atoms with Gasteiger partial charge in [0.1, 0.15) is 0 Å². The Bertz CT molecular complexity index is 343. The predicted molar refractivity (Wildman–Crippen MR) is 69.1 cm³/mol. The summed E-state index contributed by atoms with van der Waals surface area (Å²) in [6.07, 6.45) is 0. The molecule has 1 unspecified atom stereocenters. The van der Waals surface area contributed by atoms with Crippen molar-refractivity contribution in [2.45, 2.75) is 25.1 Å². The Hall–Kier alpha value is -0.190. The average Bonchev–Trinajstić information content (AvgIpc) is 2.05. The normalized spacial score (nSPS) is 13.9. The molecule has 0 saturated heterocycles. The molecule has 0 aliphatic carbocycles. The highest BCUT2D eigenvalue weighted by Crippen LogP contribution is 2.13. The minimum atomic E-state index is -0.887. The largest absolute Gasteiger partial charge is 0.325 e. The Morgan fingerprint density at radius 3 is 2.33 bits per heavy atom. The van der Waals surface area contributed by atoms with Gasteiger partial charge in [0.15, 0.2) is 0 Å². The van der Waals surface area contributed by atoms with Gasteiger partial charge in [0.05, 0.1) is 0 Å². The number of benzene rings is 1. The van der Waals surface area contributed by atoms with Crippen LogP contribution in [0.25, 0.3) is 0 Å². The number of halogens is 1. The zero-order valence-electron chi connectivity index (χ0n) is 9.00. The van der Waals surface area contributed by atoms with Crippen molar-refractivity contribution in [3.05, 3.63) is 34.3 Å². The third kappa shape index (κ3) is 5.44. The van der Waals surface area contributed by atoms with Gasteiger partial charge < -0.3 is 5.73 Å². The van der Waals surface area contributed by atoms with E-state index in [1.807, 2.05) is 38.1 Å². The summed E-state index contributed by atoms with van der Waals surface area (Å²) in [7, 11) is -0.887. The van der Waals surface area contributed by atoms with E-state index in [0.29, 0.717) is 11.5 Å². The van der Waals surface area contributed by atoms with Crippen LogP contribution in [0, 0.1) is 0 Å². The molecular formula is C11H16BrNOS. The van der Waals surface area contributed by atoms with Crippen LogP contribution >= 0.6 is 15.9 Å². The zero-order chi connectivity index (χ0) is 11.5. The average molecular weight is 290 g/mol. The highest BCUT2D eigenvalue weighted by Gasteiger charge is 2.15. The lowest BCUT2D eigenvalue weighted by Crippen LogP contribution is -2.38. The molecule has 0 spiro atoms. The first-order chi connectivity index (χ1) is 6.87. The van der Waals surface area contributed by atoms with Crippen LogP contribution in [-0.2, 0) is 16.6 Å². The predicted octanol–water partition coefficient (Wildman–Crippen LogP) is 2.44. The second kappa shape index (κ2) is 5.23. The Balaban J connectivity index is 2.55. The molecule has 2 N–H and O–H groups in total. The van der Waals surface area contributed by atoms with Crippen molar-refractivity contribution in [3.63, 3.8) is 0 Å². The summed E-state index contributed by atoms with van der Waals surface area (Å²) < 4.78 is 12.8. The van der Waals surface area contributed by atoms with Gasteiger partial charge in [0.25, 0.3) is 0 Å². The van der Waals surface area contributed by atoms with Crippen molar-refractivity contribution in [2.75, 3.05) is 5.75 Å². The molecule has 0 radical (unpaired) electrons. The van der Waals surface area contributed by atoms with Gasteiger partial charge in [0, 0.05) is 32.3 Å². The first-order valence-electron chi connectivity index (χ1n) is 4.75. The monoisotopic (exact) mass is 289 g/mol. The Labute approximate surface area is 102 Å². The first-order valence-corrected chi connectivity index (χ1v) is 7.03. The molecule has 1 aromatic rings. The Morgan fingerprint density at radius 2 is 1.87 bits per heavy atom. The maximum absolute atomic E-state index is 11.7. The first kappa shape index (κ1) is 12.9. The van der Waals surface area contributed by atoms with E-state index in [2.05, 4.69) is 15.9 Å². The van der Waals surface area contributed by atoms with Gasteiger partial charge >= 0.3 is 0 Å². The lowest BCUT2D eigenvalue weighted by molar-refractivity contribution is 0.577. The third-order valence-electron chi connectivity index (χ3n) is 1.77. The summed E-state index contributed by atoms with van der Waals surface area (Å²) in [5.74, 6) is 1.11. The second-order valence-electron chi connectivity index (χ2n) is 4.34. The van der Waals surface area contributed by atoms with Gasteiger partial charge in [-0.2, -0.15) is 0 Å². The van der Waals surface area contributed by atoms with Crippen LogP contribution in [0.15, 0.2) is 28.7 Å². The van der Waals surface area contributed by atoms with Crippen molar-refractivity contribution in [3.8, 4) is 0 Å².